The molecule has 0 fully saturated rings. The van der Waals surface area contributed by atoms with Crippen LogP contribution in [0.25, 0.3) is 10.8 Å². The van der Waals surface area contributed by atoms with Gasteiger partial charge in [-0.3, -0.25) is 4.79 Å². The standard InChI is InChI=1S/C23H22N2O3/c1-23(2)13-17-9-6-12-20(22(17)28-23)27-15-21(26)25-24-14-18-10-5-8-16-7-3-4-11-19(16)18/h3-12,14H,13,15H2,1-2H3,(H,25,26). The fourth-order valence-electron chi connectivity index (χ4n) is 3.41. The molecule has 28 heavy (non-hydrogen) atoms. The SMILES string of the molecule is CC1(C)Cc2cccc(OCC(=O)NN=Cc3cccc4ccccc34)c2O1. The summed E-state index contributed by atoms with van der Waals surface area (Å²) in [6.07, 6.45) is 2.47. The Morgan fingerprint density at radius 3 is 2.82 bits per heavy atom. The summed E-state index contributed by atoms with van der Waals surface area (Å²) in [7, 11) is 0. The van der Waals surface area contributed by atoms with E-state index in [1.54, 1.807) is 6.21 Å². The summed E-state index contributed by atoms with van der Waals surface area (Å²) in [6.45, 7) is 3.93. The topological polar surface area (TPSA) is 59.9 Å². The van der Waals surface area contributed by atoms with E-state index < -0.39 is 0 Å². The average molecular weight is 374 g/mol. The fraction of sp³-hybridized carbons (Fsp3) is 0.217. The van der Waals surface area contributed by atoms with Gasteiger partial charge in [0.2, 0.25) is 0 Å². The molecule has 0 saturated heterocycles. The van der Waals surface area contributed by atoms with Crippen molar-refractivity contribution in [2.24, 2.45) is 5.10 Å². The van der Waals surface area contributed by atoms with E-state index in [1.165, 1.54) is 0 Å². The van der Waals surface area contributed by atoms with Gasteiger partial charge in [0, 0.05) is 17.5 Å². The first-order valence-electron chi connectivity index (χ1n) is 9.25. The van der Waals surface area contributed by atoms with Crippen molar-refractivity contribution in [3.05, 3.63) is 71.8 Å². The summed E-state index contributed by atoms with van der Waals surface area (Å²) in [4.78, 5) is 12.1. The van der Waals surface area contributed by atoms with E-state index in [9.17, 15) is 4.79 Å². The largest absolute Gasteiger partial charge is 0.483 e. The molecule has 4 rings (SSSR count). The van der Waals surface area contributed by atoms with Crippen LogP contribution in [0.5, 0.6) is 11.5 Å². The van der Waals surface area contributed by atoms with Crippen molar-refractivity contribution in [2.75, 3.05) is 6.61 Å². The number of nitrogens with one attached hydrogen (secondary N) is 1. The lowest BCUT2D eigenvalue weighted by atomic mass is 10.0. The lowest BCUT2D eigenvalue weighted by molar-refractivity contribution is -0.123. The van der Waals surface area contributed by atoms with Gasteiger partial charge in [-0.05, 0) is 30.7 Å². The van der Waals surface area contributed by atoms with Gasteiger partial charge < -0.3 is 9.47 Å². The van der Waals surface area contributed by atoms with Gasteiger partial charge in [-0.15, -0.1) is 0 Å². The second kappa shape index (κ2) is 7.35. The van der Waals surface area contributed by atoms with Crippen LogP contribution in [0.3, 0.4) is 0 Å². The van der Waals surface area contributed by atoms with Crippen LogP contribution in [0.4, 0.5) is 0 Å². The second-order valence-electron chi connectivity index (χ2n) is 7.43. The molecule has 1 N–H and O–H groups in total. The van der Waals surface area contributed by atoms with E-state index in [0.717, 1.165) is 34.1 Å². The van der Waals surface area contributed by atoms with Crippen LogP contribution in [0.2, 0.25) is 0 Å². The van der Waals surface area contributed by atoms with Crippen LogP contribution in [0.15, 0.2) is 65.8 Å². The average Bonchev–Trinajstić information content (AvgIpc) is 3.01. The Labute approximate surface area is 164 Å². The molecule has 1 aliphatic heterocycles. The zero-order chi connectivity index (χ0) is 19.6. The predicted octanol–water partition coefficient (Wildman–Crippen LogP) is 4.08. The van der Waals surface area contributed by atoms with Crippen LogP contribution in [0, 0.1) is 0 Å². The number of carbonyl (C=O) groups is 1. The molecule has 0 spiro atoms. The highest BCUT2D eigenvalue weighted by Crippen LogP contribution is 2.41. The van der Waals surface area contributed by atoms with Crippen LogP contribution < -0.4 is 14.9 Å². The van der Waals surface area contributed by atoms with Crippen molar-refractivity contribution in [3.63, 3.8) is 0 Å². The summed E-state index contributed by atoms with van der Waals surface area (Å²) in [5.74, 6) is 0.974. The van der Waals surface area contributed by atoms with Crippen LogP contribution in [-0.2, 0) is 11.2 Å². The summed E-state index contributed by atoms with van der Waals surface area (Å²) >= 11 is 0. The highest BCUT2D eigenvalue weighted by atomic mass is 16.5. The van der Waals surface area contributed by atoms with Gasteiger partial charge >= 0.3 is 0 Å². The summed E-state index contributed by atoms with van der Waals surface area (Å²) < 4.78 is 11.6. The Kier molecular flexibility index (Phi) is 4.74. The quantitative estimate of drug-likeness (QED) is 0.541. The minimum Gasteiger partial charge on any atom is -0.483 e. The van der Waals surface area contributed by atoms with Crippen molar-refractivity contribution in [2.45, 2.75) is 25.9 Å². The van der Waals surface area contributed by atoms with Gasteiger partial charge in [0.1, 0.15) is 5.60 Å². The molecule has 0 unspecified atom stereocenters. The number of hydrazone groups is 1. The van der Waals surface area contributed by atoms with Crippen molar-refractivity contribution >= 4 is 22.9 Å². The Morgan fingerprint density at radius 1 is 1.14 bits per heavy atom. The lowest BCUT2D eigenvalue weighted by Gasteiger charge is -2.18. The molecule has 5 nitrogen and oxygen atoms in total. The highest BCUT2D eigenvalue weighted by molar-refractivity contribution is 5.99. The molecule has 0 saturated carbocycles. The van der Waals surface area contributed by atoms with E-state index in [2.05, 4.69) is 10.5 Å². The van der Waals surface area contributed by atoms with Crippen LogP contribution in [-0.4, -0.2) is 24.3 Å². The maximum absolute atomic E-state index is 12.1. The molecule has 0 bridgehead atoms. The molecule has 1 aliphatic rings. The summed E-state index contributed by atoms with van der Waals surface area (Å²) in [5, 5.41) is 6.27. The van der Waals surface area contributed by atoms with E-state index in [0.29, 0.717) is 5.75 Å². The van der Waals surface area contributed by atoms with Crippen molar-refractivity contribution in [1.82, 2.24) is 5.43 Å². The molecule has 5 heteroatoms. The van der Waals surface area contributed by atoms with Gasteiger partial charge in [-0.25, -0.2) is 5.43 Å². The maximum atomic E-state index is 12.1. The molecule has 1 heterocycles. The van der Waals surface area contributed by atoms with E-state index in [1.807, 2.05) is 74.5 Å². The Balaban J connectivity index is 1.37. The van der Waals surface area contributed by atoms with E-state index in [4.69, 9.17) is 9.47 Å². The second-order valence-corrected chi connectivity index (χ2v) is 7.43. The first-order valence-corrected chi connectivity index (χ1v) is 9.25. The first kappa shape index (κ1) is 18.0. The van der Waals surface area contributed by atoms with Gasteiger partial charge in [0.05, 0.1) is 6.21 Å². The number of fused-ring (bicyclic) bond motifs is 2. The first-order chi connectivity index (χ1) is 13.5. The van der Waals surface area contributed by atoms with Crippen LogP contribution >= 0.6 is 0 Å². The smallest absolute Gasteiger partial charge is 0.277 e. The van der Waals surface area contributed by atoms with Gasteiger partial charge in [-0.2, -0.15) is 5.10 Å². The number of amides is 1. The number of hydrogen-bond donors (Lipinski definition) is 1. The molecule has 0 atom stereocenters. The predicted molar refractivity (Wildman–Crippen MR) is 110 cm³/mol. The third kappa shape index (κ3) is 3.83. The van der Waals surface area contributed by atoms with Crippen molar-refractivity contribution < 1.29 is 14.3 Å². The fourth-order valence-corrected chi connectivity index (χ4v) is 3.41. The molecule has 142 valence electrons. The normalized spacial score (nSPS) is 14.6. The van der Waals surface area contributed by atoms with Gasteiger partial charge in [0.15, 0.2) is 18.1 Å². The Morgan fingerprint density at radius 2 is 1.93 bits per heavy atom. The van der Waals surface area contributed by atoms with Gasteiger partial charge in [0.25, 0.3) is 5.91 Å². The summed E-state index contributed by atoms with van der Waals surface area (Å²) in [6, 6.07) is 19.8. The number of rotatable bonds is 5. The zero-order valence-electron chi connectivity index (χ0n) is 15.9. The number of ether oxygens (including phenoxy) is 2. The third-order valence-corrected chi connectivity index (χ3v) is 4.63. The minimum atomic E-state index is -0.327. The molecule has 1 amide bonds. The van der Waals surface area contributed by atoms with E-state index in [-0.39, 0.29) is 18.1 Å². The maximum Gasteiger partial charge on any atom is 0.277 e. The molecule has 0 aromatic heterocycles. The van der Waals surface area contributed by atoms with E-state index >= 15 is 0 Å². The summed E-state index contributed by atoms with van der Waals surface area (Å²) in [5.41, 5.74) is 4.29. The molecule has 0 aliphatic carbocycles. The lowest BCUT2D eigenvalue weighted by Crippen LogP contribution is -2.26. The highest BCUT2D eigenvalue weighted by Gasteiger charge is 2.32. The van der Waals surface area contributed by atoms with Gasteiger partial charge in [-0.1, -0.05) is 54.6 Å². The van der Waals surface area contributed by atoms with Crippen molar-refractivity contribution in [1.29, 1.82) is 0 Å². The third-order valence-electron chi connectivity index (χ3n) is 4.63. The molecule has 3 aromatic rings. The number of carbonyl (C=O) groups excluding carboxylic acids is 1. The number of nitrogens with zero attached hydrogens (tertiary/aromatic N) is 1. The van der Waals surface area contributed by atoms with Crippen molar-refractivity contribution in [3.8, 4) is 11.5 Å². The number of hydrogen-bond acceptors (Lipinski definition) is 4. The minimum absolute atomic E-state index is 0.132. The number of para-hydroxylation sites is 1. The molecule has 0 radical (unpaired) electrons. The monoisotopic (exact) mass is 374 g/mol. The zero-order valence-corrected chi connectivity index (χ0v) is 15.9. The molecular weight excluding hydrogens is 352 g/mol. The Bertz CT molecular complexity index is 1050. The Hall–Kier alpha value is -3.34. The van der Waals surface area contributed by atoms with Crippen LogP contribution in [0.1, 0.15) is 25.0 Å². The number of benzene rings is 3. The molecular formula is C23H22N2O3. The molecule has 3 aromatic carbocycles.